The molecular formula is C15H17FN2. The molecule has 0 saturated heterocycles. The molecule has 0 bridgehead atoms. The van der Waals surface area contributed by atoms with E-state index in [1.807, 2.05) is 19.2 Å². The van der Waals surface area contributed by atoms with Crippen LogP contribution in [-0.2, 0) is 6.42 Å². The molecular weight excluding hydrogens is 227 g/mol. The van der Waals surface area contributed by atoms with Crippen molar-refractivity contribution in [2.75, 3.05) is 7.05 Å². The molecule has 1 atom stereocenters. The fraction of sp³-hybridized carbons (Fsp3) is 0.267. The summed E-state index contributed by atoms with van der Waals surface area (Å²) in [6.07, 6.45) is 2.62. The van der Waals surface area contributed by atoms with E-state index < -0.39 is 0 Å². The summed E-state index contributed by atoms with van der Waals surface area (Å²) in [5.74, 6) is -0.281. The molecule has 1 unspecified atom stereocenters. The van der Waals surface area contributed by atoms with Crippen molar-refractivity contribution in [3.05, 3.63) is 65.2 Å². The van der Waals surface area contributed by atoms with E-state index in [1.165, 1.54) is 11.6 Å². The van der Waals surface area contributed by atoms with Crippen LogP contribution in [0.2, 0.25) is 0 Å². The number of aromatic nitrogens is 1. The van der Waals surface area contributed by atoms with E-state index >= 15 is 0 Å². The summed E-state index contributed by atoms with van der Waals surface area (Å²) in [5.41, 5.74) is 2.73. The lowest BCUT2D eigenvalue weighted by molar-refractivity contribution is 0.560. The van der Waals surface area contributed by atoms with E-state index in [0.29, 0.717) is 5.69 Å². The summed E-state index contributed by atoms with van der Waals surface area (Å²) in [6, 6.07) is 11.0. The van der Waals surface area contributed by atoms with Crippen molar-refractivity contribution in [2.24, 2.45) is 0 Å². The second kappa shape index (κ2) is 5.74. The van der Waals surface area contributed by atoms with Crippen LogP contribution in [0.3, 0.4) is 0 Å². The smallest absolute Gasteiger partial charge is 0.146 e. The van der Waals surface area contributed by atoms with E-state index in [4.69, 9.17) is 0 Å². The monoisotopic (exact) mass is 244 g/mol. The predicted molar refractivity (Wildman–Crippen MR) is 70.9 cm³/mol. The number of pyridine rings is 1. The summed E-state index contributed by atoms with van der Waals surface area (Å²) < 4.78 is 13.8. The van der Waals surface area contributed by atoms with Gasteiger partial charge >= 0.3 is 0 Å². The first kappa shape index (κ1) is 12.7. The van der Waals surface area contributed by atoms with Gasteiger partial charge in [-0.2, -0.15) is 0 Å². The minimum absolute atomic E-state index is 0.211. The fourth-order valence-corrected chi connectivity index (χ4v) is 2.02. The highest BCUT2D eigenvalue weighted by molar-refractivity contribution is 5.31. The van der Waals surface area contributed by atoms with Crippen molar-refractivity contribution in [3.8, 4) is 0 Å². The maximum absolute atomic E-state index is 13.8. The quantitative estimate of drug-likeness (QED) is 0.894. The lowest BCUT2D eigenvalue weighted by Gasteiger charge is -2.17. The SMILES string of the molecule is CCc1ccc(C(NC)c2ncccc2F)cc1. The molecule has 0 radical (unpaired) electrons. The molecule has 2 aromatic rings. The third-order valence-electron chi connectivity index (χ3n) is 3.07. The van der Waals surface area contributed by atoms with Crippen molar-refractivity contribution >= 4 is 0 Å². The molecule has 0 spiro atoms. The van der Waals surface area contributed by atoms with E-state index in [1.54, 1.807) is 12.3 Å². The van der Waals surface area contributed by atoms with Gasteiger partial charge in [-0.1, -0.05) is 31.2 Å². The van der Waals surface area contributed by atoms with Crippen LogP contribution in [0, 0.1) is 5.82 Å². The van der Waals surface area contributed by atoms with Gasteiger partial charge in [-0.3, -0.25) is 4.98 Å². The Hall–Kier alpha value is -1.74. The van der Waals surface area contributed by atoms with Crippen molar-refractivity contribution in [1.29, 1.82) is 0 Å². The molecule has 94 valence electrons. The first-order valence-corrected chi connectivity index (χ1v) is 6.12. The average molecular weight is 244 g/mol. The van der Waals surface area contributed by atoms with Gasteiger partial charge in [0.05, 0.1) is 11.7 Å². The second-order valence-electron chi connectivity index (χ2n) is 4.19. The Labute approximate surface area is 107 Å². The first-order chi connectivity index (χ1) is 8.76. The lowest BCUT2D eigenvalue weighted by atomic mass is 10.0. The molecule has 0 aliphatic rings. The average Bonchev–Trinajstić information content (AvgIpc) is 2.42. The summed E-state index contributed by atoms with van der Waals surface area (Å²) >= 11 is 0. The van der Waals surface area contributed by atoms with E-state index in [9.17, 15) is 4.39 Å². The second-order valence-corrected chi connectivity index (χ2v) is 4.19. The van der Waals surface area contributed by atoms with Crippen molar-refractivity contribution in [1.82, 2.24) is 10.3 Å². The van der Waals surface area contributed by atoms with E-state index in [0.717, 1.165) is 12.0 Å². The zero-order valence-corrected chi connectivity index (χ0v) is 10.7. The lowest BCUT2D eigenvalue weighted by Crippen LogP contribution is -2.20. The Bertz CT molecular complexity index is 508. The molecule has 3 heteroatoms. The van der Waals surface area contributed by atoms with Gasteiger partial charge in [-0.05, 0) is 36.7 Å². The van der Waals surface area contributed by atoms with Crippen molar-refractivity contribution < 1.29 is 4.39 Å². The summed E-state index contributed by atoms with van der Waals surface area (Å²) in [6.45, 7) is 2.11. The third kappa shape index (κ3) is 2.57. The Morgan fingerprint density at radius 2 is 1.94 bits per heavy atom. The largest absolute Gasteiger partial charge is 0.308 e. The molecule has 1 N–H and O–H groups in total. The minimum atomic E-state index is -0.281. The number of hydrogen-bond donors (Lipinski definition) is 1. The van der Waals surface area contributed by atoms with Crippen LogP contribution in [0.4, 0.5) is 4.39 Å². The van der Waals surface area contributed by atoms with Gasteiger partial charge in [0.2, 0.25) is 0 Å². The highest BCUT2D eigenvalue weighted by Gasteiger charge is 2.16. The van der Waals surface area contributed by atoms with Gasteiger partial charge in [0.15, 0.2) is 0 Å². The zero-order valence-electron chi connectivity index (χ0n) is 10.7. The minimum Gasteiger partial charge on any atom is -0.308 e. The molecule has 0 aliphatic carbocycles. The first-order valence-electron chi connectivity index (χ1n) is 6.12. The number of benzene rings is 1. The van der Waals surface area contributed by atoms with Crippen LogP contribution in [0.15, 0.2) is 42.6 Å². The fourth-order valence-electron chi connectivity index (χ4n) is 2.02. The number of nitrogens with zero attached hydrogens (tertiary/aromatic N) is 1. The molecule has 2 rings (SSSR count). The predicted octanol–water partition coefficient (Wildman–Crippen LogP) is 3.09. The van der Waals surface area contributed by atoms with Gasteiger partial charge in [0.25, 0.3) is 0 Å². The van der Waals surface area contributed by atoms with Crippen LogP contribution in [0.1, 0.15) is 29.8 Å². The standard InChI is InChI=1S/C15H17FN2/c1-3-11-6-8-12(9-7-11)14(17-2)15-13(16)5-4-10-18-15/h4-10,14,17H,3H2,1-2H3. The van der Waals surface area contributed by atoms with E-state index in [-0.39, 0.29) is 11.9 Å². The third-order valence-corrected chi connectivity index (χ3v) is 3.07. The number of halogens is 1. The van der Waals surface area contributed by atoms with Crippen LogP contribution in [0.25, 0.3) is 0 Å². The van der Waals surface area contributed by atoms with E-state index in [2.05, 4.69) is 29.4 Å². The zero-order chi connectivity index (χ0) is 13.0. The van der Waals surface area contributed by atoms with Crippen LogP contribution >= 0.6 is 0 Å². The van der Waals surface area contributed by atoms with Gasteiger partial charge in [-0.25, -0.2) is 4.39 Å². The molecule has 2 nitrogen and oxygen atoms in total. The molecule has 1 heterocycles. The highest BCUT2D eigenvalue weighted by Crippen LogP contribution is 2.22. The molecule has 0 saturated carbocycles. The molecule has 18 heavy (non-hydrogen) atoms. The Morgan fingerprint density at radius 3 is 2.50 bits per heavy atom. The number of nitrogens with one attached hydrogen (secondary N) is 1. The molecule has 0 fully saturated rings. The van der Waals surface area contributed by atoms with Crippen LogP contribution in [0.5, 0.6) is 0 Å². The maximum atomic E-state index is 13.8. The topological polar surface area (TPSA) is 24.9 Å². The molecule has 0 aliphatic heterocycles. The van der Waals surface area contributed by atoms with Crippen molar-refractivity contribution in [3.63, 3.8) is 0 Å². The maximum Gasteiger partial charge on any atom is 0.146 e. The van der Waals surface area contributed by atoms with Gasteiger partial charge in [0, 0.05) is 6.20 Å². The van der Waals surface area contributed by atoms with Crippen molar-refractivity contribution in [2.45, 2.75) is 19.4 Å². The van der Waals surface area contributed by atoms with Gasteiger partial charge in [-0.15, -0.1) is 0 Å². The van der Waals surface area contributed by atoms with Crippen LogP contribution in [-0.4, -0.2) is 12.0 Å². The highest BCUT2D eigenvalue weighted by atomic mass is 19.1. The van der Waals surface area contributed by atoms with Gasteiger partial charge in [0.1, 0.15) is 5.82 Å². The summed E-state index contributed by atoms with van der Waals surface area (Å²) in [4.78, 5) is 4.13. The number of hydrogen-bond acceptors (Lipinski definition) is 2. The Morgan fingerprint density at radius 1 is 1.22 bits per heavy atom. The molecule has 1 aromatic heterocycles. The summed E-state index contributed by atoms with van der Waals surface area (Å²) in [7, 11) is 1.81. The Balaban J connectivity index is 2.36. The normalized spacial score (nSPS) is 12.4. The number of rotatable bonds is 4. The van der Waals surface area contributed by atoms with Crippen LogP contribution < -0.4 is 5.32 Å². The molecule has 1 aromatic carbocycles. The summed E-state index contributed by atoms with van der Waals surface area (Å²) in [5, 5.41) is 3.11. The molecule has 0 amide bonds. The Kier molecular flexibility index (Phi) is 4.05. The number of aryl methyl sites for hydroxylation is 1. The van der Waals surface area contributed by atoms with Gasteiger partial charge < -0.3 is 5.32 Å².